The summed E-state index contributed by atoms with van der Waals surface area (Å²) in [5, 5.41) is 2.55. The lowest BCUT2D eigenvalue weighted by atomic mass is 9.89. The number of hydrogen-bond donors (Lipinski definition) is 1. The quantitative estimate of drug-likeness (QED) is 0.852. The summed E-state index contributed by atoms with van der Waals surface area (Å²) in [6, 6.07) is 7.03. The summed E-state index contributed by atoms with van der Waals surface area (Å²) in [6.45, 7) is 3.04. The molecule has 0 saturated heterocycles. The van der Waals surface area contributed by atoms with E-state index in [0.29, 0.717) is 18.4 Å². The highest BCUT2D eigenvalue weighted by molar-refractivity contribution is 5.94. The summed E-state index contributed by atoms with van der Waals surface area (Å²) < 4.78 is 0. The van der Waals surface area contributed by atoms with Gasteiger partial charge in [-0.15, -0.1) is 0 Å². The van der Waals surface area contributed by atoms with E-state index < -0.39 is 0 Å². The maximum absolute atomic E-state index is 11.4. The van der Waals surface area contributed by atoms with Gasteiger partial charge in [-0.25, -0.2) is 0 Å². The fourth-order valence-corrected chi connectivity index (χ4v) is 2.05. The van der Waals surface area contributed by atoms with E-state index in [2.05, 4.69) is 5.32 Å². The van der Waals surface area contributed by atoms with Crippen LogP contribution in [0.25, 0.3) is 0 Å². The number of carbonyl (C=O) groups excluding carboxylic acids is 3. The molecule has 1 amide bonds. The van der Waals surface area contributed by atoms with Crippen LogP contribution in [-0.4, -0.2) is 24.5 Å². The topological polar surface area (TPSA) is 63.2 Å². The average molecular weight is 261 g/mol. The summed E-state index contributed by atoms with van der Waals surface area (Å²) in [6.07, 6.45) is 0.692. The highest BCUT2D eigenvalue weighted by Gasteiger charge is 2.16. The van der Waals surface area contributed by atoms with Crippen LogP contribution in [-0.2, 0) is 9.59 Å². The fraction of sp³-hybridized carbons (Fsp3) is 0.400. The molecule has 0 unspecified atom stereocenters. The summed E-state index contributed by atoms with van der Waals surface area (Å²) in [5.41, 5.74) is 1.48. The molecule has 0 spiro atoms. The first-order valence-corrected chi connectivity index (χ1v) is 6.25. The van der Waals surface area contributed by atoms with Gasteiger partial charge in [-0.1, -0.05) is 12.1 Å². The molecule has 4 nitrogen and oxygen atoms in total. The van der Waals surface area contributed by atoms with Crippen molar-refractivity contribution in [1.82, 2.24) is 5.32 Å². The van der Waals surface area contributed by atoms with E-state index in [9.17, 15) is 14.4 Å². The predicted octanol–water partition coefficient (Wildman–Crippen LogP) is 2.09. The van der Waals surface area contributed by atoms with E-state index in [0.717, 1.165) is 5.56 Å². The first kappa shape index (κ1) is 15.1. The standard InChI is InChI=1S/C15H19NO3/c1-10(17)8-14(9-11(2)18)12-4-6-13(7-5-12)15(19)16-3/h4-7,14H,8-9H2,1-3H3,(H,16,19). The highest BCUT2D eigenvalue weighted by Crippen LogP contribution is 2.24. The number of rotatable bonds is 6. The van der Waals surface area contributed by atoms with E-state index in [-0.39, 0.29) is 23.4 Å². The van der Waals surface area contributed by atoms with Crippen molar-refractivity contribution in [3.63, 3.8) is 0 Å². The monoisotopic (exact) mass is 261 g/mol. The molecule has 1 aromatic carbocycles. The molecule has 0 saturated carbocycles. The van der Waals surface area contributed by atoms with Gasteiger partial charge in [0.2, 0.25) is 0 Å². The summed E-state index contributed by atoms with van der Waals surface area (Å²) >= 11 is 0. The van der Waals surface area contributed by atoms with Gasteiger partial charge in [0.15, 0.2) is 0 Å². The van der Waals surface area contributed by atoms with Crippen LogP contribution in [0.1, 0.15) is 48.5 Å². The number of carbonyl (C=O) groups is 3. The summed E-state index contributed by atoms with van der Waals surface area (Å²) in [7, 11) is 1.57. The van der Waals surface area contributed by atoms with Crippen LogP contribution in [0.3, 0.4) is 0 Å². The maximum Gasteiger partial charge on any atom is 0.251 e. The van der Waals surface area contributed by atoms with Crippen LogP contribution >= 0.6 is 0 Å². The van der Waals surface area contributed by atoms with Crippen molar-refractivity contribution >= 4 is 17.5 Å². The normalized spacial score (nSPS) is 10.3. The van der Waals surface area contributed by atoms with Crippen molar-refractivity contribution in [2.45, 2.75) is 32.6 Å². The Morgan fingerprint density at radius 1 is 1.00 bits per heavy atom. The molecule has 1 aromatic rings. The van der Waals surface area contributed by atoms with Crippen molar-refractivity contribution in [2.24, 2.45) is 0 Å². The van der Waals surface area contributed by atoms with Gasteiger partial charge >= 0.3 is 0 Å². The van der Waals surface area contributed by atoms with Crippen molar-refractivity contribution in [1.29, 1.82) is 0 Å². The molecule has 0 aliphatic heterocycles. The van der Waals surface area contributed by atoms with Crippen molar-refractivity contribution in [3.8, 4) is 0 Å². The average Bonchev–Trinajstić information content (AvgIpc) is 2.36. The number of Topliss-reactive ketones (excluding diaryl/α,β-unsaturated/α-hetero) is 2. The van der Waals surface area contributed by atoms with Crippen molar-refractivity contribution in [2.75, 3.05) is 7.05 Å². The Bertz CT molecular complexity index is 461. The molecule has 4 heteroatoms. The number of ketones is 2. The molecule has 0 radical (unpaired) electrons. The lowest BCUT2D eigenvalue weighted by Gasteiger charge is -2.14. The van der Waals surface area contributed by atoms with Gasteiger partial charge in [-0.2, -0.15) is 0 Å². The lowest BCUT2D eigenvalue weighted by molar-refractivity contribution is -0.118. The zero-order valence-electron chi connectivity index (χ0n) is 11.5. The third-order valence-electron chi connectivity index (χ3n) is 2.94. The Labute approximate surface area is 113 Å². The molecular weight excluding hydrogens is 242 g/mol. The SMILES string of the molecule is CNC(=O)c1ccc(C(CC(C)=O)CC(C)=O)cc1. The minimum atomic E-state index is -0.152. The van der Waals surface area contributed by atoms with Crippen LogP contribution in [0.4, 0.5) is 0 Å². The Morgan fingerprint density at radius 2 is 1.47 bits per heavy atom. The Hall–Kier alpha value is -1.97. The van der Waals surface area contributed by atoms with Gasteiger partial charge in [0.25, 0.3) is 5.91 Å². The number of benzene rings is 1. The van der Waals surface area contributed by atoms with Crippen LogP contribution in [0, 0.1) is 0 Å². The zero-order chi connectivity index (χ0) is 14.4. The second kappa shape index (κ2) is 6.83. The third kappa shape index (κ3) is 4.66. The Morgan fingerprint density at radius 3 is 1.84 bits per heavy atom. The minimum absolute atomic E-state index is 0.0571. The Balaban J connectivity index is 2.93. The molecule has 0 aliphatic rings. The molecule has 0 aliphatic carbocycles. The Kier molecular flexibility index (Phi) is 5.42. The smallest absolute Gasteiger partial charge is 0.251 e. The molecule has 0 bridgehead atoms. The highest BCUT2D eigenvalue weighted by atomic mass is 16.1. The van der Waals surface area contributed by atoms with Gasteiger partial charge in [-0.05, 0) is 37.5 Å². The molecule has 0 atom stereocenters. The minimum Gasteiger partial charge on any atom is -0.355 e. The largest absolute Gasteiger partial charge is 0.355 e. The molecule has 0 aromatic heterocycles. The van der Waals surface area contributed by atoms with E-state index in [4.69, 9.17) is 0 Å². The van der Waals surface area contributed by atoms with Crippen molar-refractivity contribution < 1.29 is 14.4 Å². The maximum atomic E-state index is 11.4. The molecule has 19 heavy (non-hydrogen) atoms. The van der Waals surface area contributed by atoms with Crippen LogP contribution in [0.2, 0.25) is 0 Å². The van der Waals surface area contributed by atoms with Gasteiger partial charge < -0.3 is 14.9 Å². The second-order valence-corrected chi connectivity index (χ2v) is 4.71. The van der Waals surface area contributed by atoms with Crippen molar-refractivity contribution in [3.05, 3.63) is 35.4 Å². The van der Waals surface area contributed by atoms with Crippen LogP contribution < -0.4 is 5.32 Å². The van der Waals surface area contributed by atoms with Gasteiger partial charge in [0, 0.05) is 25.5 Å². The van der Waals surface area contributed by atoms with E-state index in [1.54, 1.807) is 31.3 Å². The summed E-state index contributed by atoms with van der Waals surface area (Å²) in [5.74, 6) is -0.141. The van der Waals surface area contributed by atoms with Gasteiger partial charge in [0.1, 0.15) is 11.6 Å². The predicted molar refractivity (Wildman–Crippen MR) is 73.2 cm³/mol. The molecule has 102 valence electrons. The number of nitrogens with one attached hydrogen (secondary N) is 1. The second-order valence-electron chi connectivity index (χ2n) is 4.71. The van der Waals surface area contributed by atoms with Gasteiger partial charge in [-0.3, -0.25) is 4.79 Å². The number of amides is 1. The number of hydrogen-bond acceptors (Lipinski definition) is 3. The summed E-state index contributed by atoms with van der Waals surface area (Å²) in [4.78, 5) is 33.9. The lowest BCUT2D eigenvalue weighted by Crippen LogP contribution is -2.17. The first-order valence-electron chi connectivity index (χ1n) is 6.25. The van der Waals surface area contributed by atoms with Crippen LogP contribution in [0.15, 0.2) is 24.3 Å². The van der Waals surface area contributed by atoms with Crippen LogP contribution in [0.5, 0.6) is 0 Å². The zero-order valence-corrected chi connectivity index (χ0v) is 11.5. The first-order chi connectivity index (χ1) is 8.93. The third-order valence-corrected chi connectivity index (χ3v) is 2.94. The molecule has 1 N–H and O–H groups in total. The molecular formula is C15H19NO3. The van der Waals surface area contributed by atoms with E-state index >= 15 is 0 Å². The fourth-order valence-electron chi connectivity index (χ4n) is 2.05. The molecule has 0 heterocycles. The molecule has 1 rings (SSSR count). The van der Waals surface area contributed by atoms with Gasteiger partial charge in [0.05, 0.1) is 0 Å². The van der Waals surface area contributed by atoms with E-state index in [1.807, 2.05) is 0 Å². The molecule has 0 fully saturated rings. The van der Waals surface area contributed by atoms with E-state index in [1.165, 1.54) is 13.8 Å².